The lowest BCUT2D eigenvalue weighted by atomic mass is 10.2. The molecule has 0 saturated carbocycles. The van der Waals surface area contributed by atoms with Crippen molar-refractivity contribution in [1.82, 2.24) is 20.1 Å². The Balaban J connectivity index is 1.55. The van der Waals surface area contributed by atoms with Gasteiger partial charge in [-0.1, -0.05) is 53.2 Å². The Labute approximate surface area is 208 Å². The number of halogens is 4. The summed E-state index contributed by atoms with van der Waals surface area (Å²) in [6.45, 7) is 0.00804. The van der Waals surface area contributed by atoms with Gasteiger partial charge < -0.3 is 10.6 Å². The lowest BCUT2D eigenvalue weighted by molar-refractivity contribution is 0.251. The Bertz CT molecular complexity index is 1320. The number of nitrogens with one attached hydrogen (secondary N) is 2. The SMILES string of the molecule is O=C(NCc1nnc(SCc2ccc(F)cc2)n1-c1cc(Cl)ccc1Cl)Nc1cccc(F)c1. The van der Waals surface area contributed by atoms with Crippen molar-refractivity contribution in [1.29, 1.82) is 0 Å². The van der Waals surface area contributed by atoms with Gasteiger partial charge in [0.15, 0.2) is 11.0 Å². The summed E-state index contributed by atoms with van der Waals surface area (Å²) < 4.78 is 28.3. The first-order chi connectivity index (χ1) is 16.4. The topological polar surface area (TPSA) is 71.8 Å². The van der Waals surface area contributed by atoms with Crippen molar-refractivity contribution >= 4 is 46.7 Å². The maximum Gasteiger partial charge on any atom is 0.319 e. The van der Waals surface area contributed by atoms with E-state index in [0.29, 0.717) is 38.2 Å². The van der Waals surface area contributed by atoms with Crippen LogP contribution in [0.1, 0.15) is 11.4 Å². The zero-order chi connectivity index (χ0) is 24.1. The van der Waals surface area contributed by atoms with Crippen LogP contribution in [0.3, 0.4) is 0 Å². The maximum absolute atomic E-state index is 13.4. The van der Waals surface area contributed by atoms with Crippen molar-refractivity contribution in [3.8, 4) is 5.69 Å². The van der Waals surface area contributed by atoms with E-state index >= 15 is 0 Å². The first kappa shape index (κ1) is 24.0. The van der Waals surface area contributed by atoms with Crippen LogP contribution < -0.4 is 10.6 Å². The molecule has 0 spiro atoms. The van der Waals surface area contributed by atoms with Gasteiger partial charge in [0.1, 0.15) is 11.6 Å². The smallest absolute Gasteiger partial charge is 0.319 e. The summed E-state index contributed by atoms with van der Waals surface area (Å²) in [5.41, 5.74) is 1.75. The second-order valence-corrected chi connectivity index (χ2v) is 8.85. The molecule has 0 radical (unpaired) electrons. The Morgan fingerprint density at radius 1 is 0.971 bits per heavy atom. The van der Waals surface area contributed by atoms with Crippen LogP contribution >= 0.6 is 35.0 Å². The van der Waals surface area contributed by atoms with E-state index in [4.69, 9.17) is 23.2 Å². The summed E-state index contributed by atoms with van der Waals surface area (Å²) in [6, 6.07) is 16.2. The van der Waals surface area contributed by atoms with Crippen LogP contribution in [-0.4, -0.2) is 20.8 Å². The van der Waals surface area contributed by atoms with E-state index in [0.717, 1.165) is 5.56 Å². The number of benzene rings is 3. The number of anilines is 1. The zero-order valence-corrected chi connectivity index (χ0v) is 19.8. The van der Waals surface area contributed by atoms with Crippen molar-refractivity contribution in [2.24, 2.45) is 0 Å². The van der Waals surface area contributed by atoms with Crippen molar-refractivity contribution in [2.75, 3.05) is 5.32 Å². The molecule has 0 atom stereocenters. The van der Waals surface area contributed by atoms with Crippen LogP contribution in [0.15, 0.2) is 71.9 Å². The molecule has 0 bridgehead atoms. The summed E-state index contributed by atoms with van der Waals surface area (Å²) in [5, 5.41) is 15.1. The van der Waals surface area contributed by atoms with Gasteiger partial charge in [0.05, 0.1) is 17.3 Å². The minimum Gasteiger partial charge on any atom is -0.331 e. The molecule has 0 unspecified atom stereocenters. The number of hydrogen-bond donors (Lipinski definition) is 2. The Hall–Kier alpha value is -3.14. The largest absolute Gasteiger partial charge is 0.331 e. The van der Waals surface area contributed by atoms with Gasteiger partial charge in [-0.15, -0.1) is 10.2 Å². The van der Waals surface area contributed by atoms with Crippen molar-refractivity contribution < 1.29 is 13.6 Å². The Morgan fingerprint density at radius 2 is 1.76 bits per heavy atom. The van der Waals surface area contributed by atoms with Gasteiger partial charge in [-0.05, 0) is 54.1 Å². The number of nitrogens with zero attached hydrogens (tertiary/aromatic N) is 3. The summed E-state index contributed by atoms with van der Waals surface area (Å²) in [5.74, 6) is 0.132. The van der Waals surface area contributed by atoms with E-state index in [2.05, 4.69) is 20.8 Å². The fraction of sp³-hybridized carbons (Fsp3) is 0.0870. The second kappa shape index (κ2) is 10.9. The molecule has 0 saturated heterocycles. The number of thioether (sulfide) groups is 1. The highest BCUT2D eigenvalue weighted by molar-refractivity contribution is 7.98. The van der Waals surface area contributed by atoms with E-state index in [1.165, 1.54) is 42.1 Å². The van der Waals surface area contributed by atoms with Crippen LogP contribution in [-0.2, 0) is 12.3 Å². The predicted molar refractivity (Wildman–Crippen MR) is 130 cm³/mol. The molecule has 11 heteroatoms. The second-order valence-electron chi connectivity index (χ2n) is 7.06. The molecular formula is C23H17Cl2F2N5OS. The number of rotatable bonds is 7. The minimum absolute atomic E-state index is 0.00804. The predicted octanol–water partition coefficient (Wildman–Crippen LogP) is 6.47. The third-order valence-electron chi connectivity index (χ3n) is 4.62. The first-order valence-corrected chi connectivity index (χ1v) is 11.7. The van der Waals surface area contributed by atoms with Gasteiger partial charge in [-0.2, -0.15) is 0 Å². The highest BCUT2D eigenvalue weighted by Gasteiger charge is 2.18. The molecule has 0 aliphatic heterocycles. The third-order valence-corrected chi connectivity index (χ3v) is 6.18. The lowest BCUT2D eigenvalue weighted by Crippen LogP contribution is -2.29. The van der Waals surface area contributed by atoms with Gasteiger partial charge in [-0.3, -0.25) is 4.57 Å². The van der Waals surface area contributed by atoms with Crippen LogP contribution in [0.5, 0.6) is 0 Å². The van der Waals surface area contributed by atoms with Gasteiger partial charge in [0.2, 0.25) is 0 Å². The van der Waals surface area contributed by atoms with Crippen LogP contribution in [0.2, 0.25) is 10.0 Å². The summed E-state index contributed by atoms with van der Waals surface area (Å²) in [4.78, 5) is 12.3. The molecule has 4 aromatic rings. The van der Waals surface area contributed by atoms with Crippen LogP contribution in [0.4, 0.5) is 19.3 Å². The quantitative estimate of drug-likeness (QED) is 0.274. The third kappa shape index (κ3) is 6.05. The molecule has 4 rings (SSSR count). The number of amides is 2. The molecule has 1 aromatic heterocycles. The molecule has 34 heavy (non-hydrogen) atoms. The molecule has 2 N–H and O–H groups in total. The highest BCUT2D eigenvalue weighted by atomic mass is 35.5. The average Bonchev–Trinajstić information content (AvgIpc) is 3.21. The number of carbonyl (C=O) groups excluding carboxylic acids is 1. The standard InChI is InChI=1S/C23H17Cl2F2N5OS/c24-15-6-9-19(25)20(10-15)32-21(12-28-22(33)29-18-3-1-2-17(27)11-18)30-31-23(32)34-13-14-4-7-16(26)8-5-14/h1-11H,12-13H2,(H2,28,29,33). The Morgan fingerprint density at radius 3 is 2.53 bits per heavy atom. The van der Waals surface area contributed by atoms with E-state index < -0.39 is 11.8 Å². The number of aromatic nitrogens is 3. The minimum atomic E-state index is -0.544. The average molecular weight is 520 g/mol. The van der Waals surface area contributed by atoms with E-state index in [-0.39, 0.29) is 12.4 Å². The molecule has 174 valence electrons. The molecule has 0 fully saturated rings. The van der Waals surface area contributed by atoms with Gasteiger partial charge >= 0.3 is 6.03 Å². The molecule has 6 nitrogen and oxygen atoms in total. The van der Waals surface area contributed by atoms with Crippen LogP contribution in [0, 0.1) is 11.6 Å². The molecule has 2 amide bonds. The lowest BCUT2D eigenvalue weighted by Gasteiger charge is -2.13. The van der Waals surface area contributed by atoms with E-state index in [9.17, 15) is 13.6 Å². The normalized spacial score (nSPS) is 10.8. The summed E-state index contributed by atoms with van der Waals surface area (Å²) >= 11 is 14.0. The summed E-state index contributed by atoms with van der Waals surface area (Å²) in [6.07, 6.45) is 0. The van der Waals surface area contributed by atoms with E-state index in [1.807, 2.05) is 0 Å². The van der Waals surface area contributed by atoms with Crippen molar-refractivity contribution in [2.45, 2.75) is 17.5 Å². The fourth-order valence-electron chi connectivity index (χ4n) is 3.04. The zero-order valence-electron chi connectivity index (χ0n) is 17.4. The number of carbonyl (C=O) groups is 1. The number of urea groups is 1. The summed E-state index contributed by atoms with van der Waals surface area (Å²) in [7, 11) is 0. The molecule has 0 aliphatic rings. The van der Waals surface area contributed by atoms with Crippen LogP contribution in [0.25, 0.3) is 5.69 Å². The molecular weight excluding hydrogens is 503 g/mol. The highest BCUT2D eigenvalue weighted by Crippen LogP contribution is 2.31. The first-order valence-electron chi connectivity index (χ1n) is 9.96. The number of hydrogen-bond acceptors (Lipinski definition) is 4. The van der Waals surface area contributed by atoms with Gasteiger partial charge in [-0.25, -0.2) is 13.6 Å². The van der Waals surface area contributed by atoms with Crippen molar-refractivity contribution in [3.05, 3.63) is 99.8 Å². The Kier molecular flexibility index (Phi) is 7.66. The molecule has 3 aromatic carbocycles. The molecule has 0 aliphatic carbocycles. The van der Waals surface area contributed by atoms with E-state index in [1.54, 1.807) is 41.0 Å². The van der Waals surface area contributed by atoms with Gasteiger partial charge in [0.25, 0.3) is 0 Å². The maximum atomic E-state index is 13.4. The molecule has 1 heterocycles. The van der Waals surface area contributed by atoms with Crippen molar-refractivity contribution in [3.63, 3.8) is 0 Å². The monoisotopic (exact) mass is 519 g/mol. The fourth-order valence-corrected chi connectivity index (χ4v) is 4.32. The van der Waals surface area contributed by atoms with Gasteiger partial charge in [0, 0.05) is 16.5 Å².